The molecule has 1 N–H and O–H groups in total. The number of aryl methyl sites for hydroxylation is 3. The Labute approximate surface area is 175 Å². The smallest absolute Gasteiger partial charge is 0.234 e. The predicted molar refractivity (Wildman–Crippen MR) is 119 cm³/mol. The molecule has 3 aromatic rings. The summed E-state index contributed by atoms with van der Waals surface area (Å²) in [5.74, 6) is 1.39. The van der Waals surface area contributed by atoms with Gasteiger partial charge < -0.3 is 14.8 Å². The zero-order chi connectivity index (χ0) is 21.0. The molecular weight excluding hydrogens is 384 g/mol. The Bertz CT molecular complexity index is 1050. The maximum atomic E-state index is 12.6. The molecular formula is C23H26N2O3S. The lowest BCUT2D eigenvalue weighted by atomic mass is 10.0. The standard InChI is InChI=1S/C23H26N2O3S/c1-6-16-11-18-14(2)7-8-15(3)22(18)25-23(16)29-13-21(26)24-19-12-17(27-4)9-10-20(19)28-5/h7-12H,6,13H2,1-5H3,(H,24,26). The molecule has 0 fully saturated rings. The predicted octanol–water partition coefficient (Wildman–Crippen LogP) is 5.16. The Morgan fingerprint density at radius 3 is 2.52 bits per heavy atom. The number of rotatable bonds is 7. The first-order valence-corrected chi connectivity index (χ1v) is 10.5. The number of benzene rings is 2. The minimum atomic E-state index is -0.119. The average Bonchev–Trinajstić information content (AvgIpc) is 2.74. The van der Waals surface area contributed by atoms with Gasteiger partial charge in [0.25, 0.3) is 0 Å². The van der Waals surface area contributed by atoms with Crippen LogP contribution in [0.4, 0.5) is 5.69 Å². The summed E-state index contributed by atoms with van der Waals surface area (Å²) in [6.45, 7) is 6.28. The zero-order valence-corrected chi connectivity index (χ0v) is 18.3. The molecule has 0 aliphatic heterocycles. The summed E-state index contributed by atoms with van der Waals surface area (Å²) in [6.07, 6.45) is 0.865. The second kappa shape index (κ2) is 9.18. The number of ether oxygens (including phenoxy) is 2. The van der Waals surface area contributed by atoms with Crippen LogP contribution in [0.3, 0.4) is 0 Å². The Hall–Kier alpha value is -2.73. The van der Waals surface area contributed by atoms with Crippen molar-refractivity contribution in [3.63, 3.8) is 0 Å². The molecule has 152 valence electrons. The minimum Gasteiger partial charge on any atom is -0.497 e. The third-order valence-electron chi connectivity index (χ3n) is 4.85. The molecule has 0 saturated heterocycles. The molecule has 29 heavy (non-hydrogen) atoms. The first-order chi connectivity index (χ1) is 14.0. The van der Waals surface area contributed by atoms with Crippen molar-refractivity contribution in [2.24, 2.45) is 0 Å². The molecule has 0 aliphatic rings. The van der Waals surface area contributed by atoms with E-state index in [1.165, 1.54) is 22.7 Å². The van der Waals surface area contributed by atoms with Gasteiger partial charge in [0.2, 0.25) is 5.91 Å². The van der Waals surface area contributed by atoms with Crippen molar-refractivity contribution < 1.29 is 14.3 Å². The fourth-order valence-electron chi connectivity index (χ4n) is 3.17. The molecule has 2 aromatic carbocycles. The van der Waals surface area contributed by atoms with E-state index in [1.807, 2.05) is 0 Å². The van der Waals surface area contributed by atoms with Crippen LogP contribution in [0, 0.1) is 13.8 Å². The number of methoxy groups -OCH3 is 2. The van der Waals surface area contributed by atoms with Crippen LogP contribution in [0.15, 0.2) is 41.4 Å². The number of aromatic nitrogens is 1. The number of fused-ring (bicyclic) bond motifs is 1. The molecule has 5 nitrogen and oxygen atoms in total. The molecule has 0 atom stereocenters. The van der Waals surface area contributed by atoms with E-state index in [-0.39, 0.29) is 11.7 Å². The quantitative estimate of drug-likeness (QED) is 0.545. The van der Waals surface area contributed by atoms with Crippen molar-refractivity contribution in [1.29, 1.82) is 0 Å². The Morgan fingerprint density at radius 2 is 1.83 bits per heavy atom. The molecule has 0 saturated carbocycles. The summed E-state index contributed by atoms with van der Waals surface area (Å²) in [5.41, 5.74) is 5.10. The van der Waals surface area contributed by atoms with E-state index in [1.54, 1.807) is 32.4 Å². The van der Waals surface area contributed by atoms with Gasteiger partial charge in [-0.3, -0.25) is 4.79 Å². The third kappa shape index (κ3) is 4.65. The van der Waals surface area contributed by atoms with Gasteiger partial charge in [0.1, 0.15) is 16.5 Å². The highest BCUT2D eigenvalue weighted by Gasteiger charge is 2.13. The molecule has 3 rings (SSSR count). The van der Waals surface area contributed by atoms with Gasteiger partial charge in [0.15, 0.2) is 0 Å². The lowest BCUT2D eigenvalue weighted by molar-refractivity contribution is -0.113. The molecule has 0 unspecified atom stereocenters. The van der Waals surface area contributed by atoms with Gasteiger partial charge in [0.05, 0.1) is 31.2 Å². The van der Waals surface area contributed by atoms with Gasteiger partial charge in [-0.25, -0.2) is 4.98 Å². The fourth-order valence-corrected chi connectivity index (χ4v) is 4.05. The summed E-state index contributed by atoms with van der Waals surface area (Å²) in [4.78, 5) is 17.5. The van der Waals surface area contributed by atoms with Crippen LogP contribution >= 0.6 is 11.8 Å². The lowest BCUT2D eigenvalue weighted by Crippen LogP contribution is -2.15. The molecule has 0 bridgehead atoms. The number of amides is 1. The molecule has 1 amide bonds. The van der Waals surface area contributed by atoms with Crippen LogP contribution in [0.25, 0.3) is 10.9 Å². The van der Waals surface area contributed by atoms with E-state index in [2.05, 4.69) is 44.3 Å². The highest BCUT2D eigenvalue weighted by molar-refractivity contribution is 8.00. The summed E-state index contributed by atoms with van der Waals surface area (Å²) in [7, 11) is 3.16. The minimum absolute atomic E-state index is 0.119. The molecule has 1 heterocycles. The van der Waals surface area contributed by atoms with Gasteiger partial charge in [0, 0.05) is 11.5 Å². The third-order valence-corrected chi connectivity index (χ3v) is 5.88. The van der Waals surface area contributed by atoms with Gasteiger partial charge in [-0.15, -0.1) is 0 Å². The number of carbonyl (C=O) groups is 1. The number of hydrogen-bond donors (Lipinski definition) is 1. The Kier molecular flexibility index (Phi) is 6.64. The number of thioether (sulfide) groups is 1. The second-order valence-corrected chi connectivity index (χ2v) is 7.77. The molecule has 1 aromatic heterocycles. The number of nitrogens with one attached hydrogen (secondary N) is 1. The molecule has 0 radical (unpaired) electrons. The number of carbonyl (C=O) groups excluding carboxylic acids is 1. The van der Waals surface area contributed by atoms with Crippen molar-refractivity contribution in [3.05, 3.63) is 53.1 Å². The van der Waals surface area contributed by atoms with Crippen LogP contribution in [0.5, 0.6) is 11.5 Å². The van der Waals surface area contributed by atoms with Crippen LogP contribution in [0.2, 0.25) is 0 Å². The van der Waals surface area contributed by atoms with E-state index < -0.39 is 0 Å². The maximum Gasteiger partial charge on any atom is 0.234 e. The summed E-state index contributed by atoms with van der Waals surface area (Å²) in [5, 5.41) is 4.99. The Morgan fingerprint density at radius 1 is 1.07 bits per heavy atom. The largest absolute Gasteiger partial charge is 0.497 e. The van der Waals surface area contributed by atoms with Crippen molar-refractivity contribution in [2.45, 2.75) is 32.2 Å². The number of pyridine rings is 1. The van der Waals surface area contributed by atoms with E-state index in [9.17, 15) is 4.79 Å². The zero-order valence-electron chi connectivity index (χ0n) is 17.5. The molecule has 6 heteroatoms. The lowest BCUT2D eigenvalue weighted by Gasteiger charge is -2.13. The number of anilines is 1. The Balaban J connectivity index is 1.80. The van der Waals surface area contributed by atoms with Gasteiger partial charge >= 0.3 is 0 Å². The topological polar surface area (TPSA) is 60.5 Å². The molecule has 0 spiro atoms. The highest BCUT2D eigenvalue weighted by Crippen LogP contribution is 2.31. The number of hydrogen-bond acceptors (Lipinski definition) is 5. The van der Waals surface area contributed by atoms with Crippen LogP contribution in [0.1, 0.15) is 23.6 Å². The SMILES string of the molecule is CCc1cc2c(C)ccc(C)c2nc1SCC(=O)Nc1cc(OC)ccc1OC. The highest BCUT2D eigenvalue weighted by atomic mass is 32.2. The second-order valence-electron chi connectivity index (χ2n) is 6.80. The van der Waals surface area contributed by atoms with Crippen molar-refractivity contribution >= 4 is 34.3 Å². The first-order valence-electron chi connectivity index (χ1n) is 9.51. The van der Waals surface area contributed by atoms with Gasteiger partial charge in [-0.2, -0.15) is 0 Å². The summed E-state index contributed by atoms with van der Waals surface area (Å²) >= 11 is 1.46. The van der Waals surface area contributed by atoms with E-state index in [0.29, 0.717) is 17.2 Å². The van der Waals surface area contributed by atoms with Crippen LogP contribution in [-0.4, -0.2) is 30.9 Å². The van der Waals surface area contributed by atoms with E-state index in [4.69, 9.17) is 14.5 Å². The van der Waals surface area contributed by atoms with Gasteiger partial charge in [-0.1, -0.05) is 30.8 Å². The number of nitrogens with zero attached hydrogens (tertiary/aromatic N) is 1. The average molecular weight is 411 g/mol. The summed E-state index contributed by atoms with van der Waals surface area (Å²) < 4.78 is 10.6. The van der Waals surface area contributed by atoms with Crippen LogP contribution < -0.4 is 14.8 Å². The fraction of sp³-hybridized carbons (Fsp3) is 0.304. The summed E-state index contributed by atoms with van der Waals surface area (Å²) in [6, 6.07) is 11.7. The van der Waals surface area contributed by atoms with Crippen molar-refractivity contribution in [2.75, 3.05) is 25.3 Å². The van der Waals surface area contributed by atoms with E-state index in [0.717, 1.165) is 28.1 Å². The first kappa shape index (κ1) is 21.0. The normalized spacial score (nSPS) is 10.8. The van der Waals surface area contributed by atoms with Crippen molar-refractivity contribution in [1.82, 2.24) is 4.98 Å². The van der Waals surface area contributed by atoms with Crippen LogP contribution in [-0.2, 0) is 11.2 Å². The van der Waals surface area contributed by atoms with Crippen molar-refractivity contribution in [3.8, 4) is 11.5 Å². The van der Waals surface area contributed by atoms with Gasteiger partial charge in [-0.05, 0) is 55.2 Å². The monoisotopic (exact) mass is 410 g/mol. The molecule has 0 aliphatic carbocycles. The maximum absolute atomic E-state index is 12.6. The van der Waals surface area contributed by atoms with E-state index >= 15 is 0 Å².